The summed E-state index contributed by atoms with van der Waals surface area (Å²) in [6.45, 7) is 2.11. The molecule has 2 aromatic rings. The van der Waals surface area contributed by atoms with E-state index in [9.17, 15) is 9.90 Å². The van der Waals surface area contributed by atoms with E-state index in [4.69, 9.17) is 11.6 Å². The molecule has 0 radical (unpaired) electrons. The first-order valence-electron chi connectivity index (χ1n) is 5.84. The fourth-order valence-electron chi connectivity index (χ4n) is 1.66. The molecule has 0 saturated carbocycles. The van der Waals surface area contributed by atoms with Crippen molar-refractivity contribution in [2.75, 3.05) is 6.54 Å². The summed E-state index contributed by atoms with van der Waals surface area (Å²) in [7, 11) is 0. The SMILES string of the molecule is Cc1ccc(C(=O)NCC(O)c2cccc(Cl)c2)s1. The number of hydrogen-bond donors (Lipinski definition) is 2. The van der Waals surface area contributed by atoms with Crippen molar-refractivity contribution in [3.05, 3.63) is 56.7 Å². The van der Waals surface area contributed by atoms with Gasteiger partial charge in [0.25, 0.3) is 5.91 Å². The summed E-state index contributed by atoms with van der Waals surface area (Å²) in [5.74, 6) is -0.167. The standard InChI is InChI=1S/C14H14ClNO2S/c1-9-5-6-13(19-9)14(18)16-8-12(17)10-3-2-4-11(15)7-10/h2-7,12,17H,8H2,1H3,(H,16,18). The molecular formula is C14H14ClNO2S. The molecule has 2 rings (SSSR count). The monoisotopic (exact) mass is 295 g/mol. The molecule has 1 amide bonds. The van der Waals surface area contributed by atoms with E-state index in [-0.39, 0.29) is 12.5 Å². The zero-order valence-corrected chi connectivity index (χ0v) is 12.0. The molecule has 1 aromatic heterocycles. The maximum atomic E-state index is 11.8. The van der Waals surface area contributed by atoms with Crippen LogP contribution < -0.4 is 5.32 Å². The molecule has 0 bridgehead atoms. The Morgan fingerprint density at radius 2 is 2.21 bits per heavy atom. The van der Waals surface area contributed by atoms with E-state index in [1.807, 2.05) is 13.0 Å². The van der Waals surface area contributed by atoms with Crippen molar-refractivity contribution in [2.45, 2.75) is 13.0 Å². The number of nitrogens with one attached hydrogen (secondary N) is 1. The molecule has 19 heavy (non-hydrogen) atoms. The second-order valence-corrected chi connectivity index (χ2v) is 5.92. The Kier molecular flexibility index (Phi) is 4.58. The van der Waals surface area contributed by atoms with Gasteiger partial charge in [-0.3, -0.25) is 4.79 Å². The van der Waals surface area contributed by atoms with Gasteiger partial charge in [-0.2, -0.15) is 0 Å². The molecule has 0 fully saturated rings. The van der Waals surface area contributed by atoms with Gasteiger partial charge in [0.2, 0.25) is 0 Å². The van der Waals surface area contributed by atoms with Crippen LogP contribution in [0.5, 0.6) is 0 Å². The van der Waals surface area contributed by atoms with Crippen molar-refractivity contribution < 1.29 is 9.90 Å². The minimum absolute atomic E-state index is 0.163. The molecule has 100 valence electrons. The zero-order chi connectivity index (χ0) is 13.8. The zero-order valence-electron chi connectivity index (χ0n) is 10.4. The number of aryl methyl sites for hydroxylation is 1. The number of aliphatic hydroxyl groups excluding tert-OH is 1. The minimum atomic E-state index is -0.760. The van der Waals surface area contributed by atoms with Crippen molar-refractivity contribution in [1.29, 1.82) is 0 Å². The number of benzene rings is 1. The lowest BCUT2D eigenvalue weighted by molar-refractivity contribution is 0.0920. The van der Waals surface area contributed by atoms with Crippen molar-refractivity contribution in [1.82, 2.24) is 5.32 Å². The topological polar surface area (TPSA) is 49.3 Å². The van der Waals surface area contributed by atoms with Gasteiger partial charge in [0, 0.05) is 16.4 Å². The average molecular weight is 296 g/mol. The first-order valence-corrected chi connectivity index (χ1v) is 7.04. The molecule has 0 aliphatic carbocycles. The van der Waals surface area contributed by atoms with Crippen molar-refractivity contribution in [3.8, 4) is 0 Å². The van der Waals surface area contributed by atoms with E-state index in [0.717, 1.165) is 4.88 Å². The van der Waals surface area contributed by atoms with Crippen LogP contribution in [0.4, 0.5) is 0 Å². The summed E-state index contributed by atoms with van der Waals surface area (Å²) < 4.78 is 0. The quantitative estimate of drug-likeness (QED) is 0.910. The molecule has 0 spiro atoms. The van der Waals surface area contributed by atoms with Crippen molar-refractivity contribution in [2.24, 2.45) is 0 Å². The minimum Gasteiger partial charge on any atom is -0.387 e. The fraction of sp³-hybridized carbons (Fsp3) is 0.214. The first-order chi connectivity index (χ1) is 9.06. The van der Waals surface area contributed by atoms with E-state index < -0.39 is 6.10 Å². The molecule has 0 aliphatic heterocycles. The molecule has 1 heterocycles. The van der Waals surface area contributed by atoms with Gasteiger partial charge in [-0.25, -0.2) is 0 Å². The Labute approximate surface area is 120 Å². The number of carbonyl (C=O) groups excluding carboxylic acids is 1. The highest BCUT2D eigenvalue weighted by atomic mass is 35.5. The number of hydrogen-bond acceptors (Lipinski definition) is 3. The molecule has 2 N–H and O–H groups in total. The van der Waals surface area contributed by atoms with E-state index in [1.54, 1.807) is 30.3 Å². The van der Waals surface area contributed by atoms with Crippen LogP contribution in [0, 0.1) is 6.92 Å². The predicted molar refractivity (Wildman–Crippen MR) is 77.8 cm³/mol. The Morgan fingerprint density at radius 1 is 1.42 bits per heavy atom. The molecule has 0 saturated heterocycles. The lowest BCUT2D eigenvalue weighted by Gasteiger charge is -2.12. The molecule has 3 nitrogen and oxygen atoms in total. The highest BCUT2D eigenvalue weighted by Crippen LogP contribution is 2.18. The van der Waals surface area contributed by atoms with Gasteiger partial charge in [0.15, 0.2) is 0 Å². The lowest BCUT2D eigenvalue weighted by atomic mass is 10.1. The van der Waals surface area contributed by atoms with E-state index in [2.05, 4.69) is 5.32 Å². The summed E-state index contributed by atoms with van der Waals surface area (Å²) in [5, 5.41) is 13.3. The van der Waals surface area contributed by atoms with E-state index >= 15 is 0 Å². The third-order valence-electron chi connectivity index (χ3n) is 2.65. The number of halogens is 1. The number of aliphatic hydroxyl groups is 1. The van der Waals surface area contributed by atoms with Gasteiger partial charge in [0.1, 0.15) is 0 Å². The Morgan fingerprint density at radius 3 is 2.84 bits per heavy atom. The highest BCUT2D eigenvalue weighted by molar-refractivity contribution is 7.13. The van der Waals surface area contributed by atoms with Gasteiger partial charge in [-0.15, -0.1) is 11.3 Å². The van der Waals surface area contributed by atoms with Gasteiger partial charge in [-0.05, 0) is 36.8 Å². The number of amides is 1. The summed E-state index contributed by atoms with van der Waals surface area (Å²) >= 11 is 7.28. The average Bonchev–Trinajstić information content (AvgIpc) is 2.82. The first kappa shape index (κ1) is 14.1. The summed E-state index contributed by atoms with van der Waals surface area (Å²) in [6, 6.07) is 10.6. The summed E-state index contributed by atoms with van der Waals surface area (Å²) in [6.07, 6.45) is -0.760. The maximum absolute atomic E-state index is 11.8. The van der Waals surface area contributed by atoms with Crippen LogP contribution in [-0.2, 0) is 0 Å². The number of carbonyl (C=O) groups is 1. The fourth-order valence-corrected chi connectivity index (χ4v) is 2.65. The van der Waals surface area contributed by atoms with E-state index in [1.165, 1.54) is 11.3 Å². The van der Waals surface area contributed by atoms with Crippen LogP contribution >= 0.6 is 22.9 Å². The van der Waals surface area contributed by atoms with Gasteiger partial charge in [0.05, 0.1) is 11.0 Å². The Balaban J connectivity index is 1.93. The van der Waals surface area contributed by atoms with Gasteiger partial charge >= 0.3 is 0 Å². The second kappa shape index (κ2) is 6.19. The van der Waals surface area contributed by atoms with Crippen molar-refractivity contribution >= 4 is 28.8 Å². The molecule has 0 aliphatic rings. The third-order valence-corrected chi connectivity index (χ3v) is 3.89. The molecule has 1 aromatic carbocycles. The molecule has 5 heteroatoms. The van der Waals surface area contributed by atoms with E-state index in [0.29, 0.717) is 15.5 Å². The molecular weight excluding hydrogens is 282 g/mol. The lowest BCUT2D eigenvalue weighted by Crippen LogP contribution is -2.27. The second-order valence-electron chi connectivity index (χ2n) is 4.19. The molecule has 1 atom stereocenters. The maximum Gasteiger partial charge on any atom is 0.261 e. The summed E-state index contributed by atoms with van der Waals surface area (Å²) in [5.41, 5.74) is 0.690. The Hall–Kier alpha value is -1.36. The van der Waals surface area contributed by atoms with Crippen LogP contribution in [0.2, 0.25) is 5.02 Å². The number of thiophene rings is 1. The van der Waals surface area contributed by atoms with Crippen LogP contribution in [0.15, 0.2) is 36.4 Å². The Bertz CT molecular complexity index is 582. The largest absolute Gasteiger partial charge is 0.387 e. The molecule has 1 unspecified atom stereocenters. The van der Waals surface area contributed by atoms with Crippen LogP contribution in [0.3, 0.4) is 0 Å². The van der Waals surface area contributed by atoms with Crippen LogP contribution in [0.25, 0.3) is 0 Å². The van der Waals surface area contributed by atoms with Gasteiger partial charge in [-0.1, -0.05) is 23.7 Å². The smallest absolute Gasteiger partial charge is 0.261 e. The van der Waals surface area contributed by atoms with Crippen LogP contribution in [-0.4, -0.2) is 17.6 Å². The third kappa shape index (κ3) is 3.80. The normalized spacial score (nSPS) is 12.2. The highest BCUT2D eigenvalue weighted by Gasteiger charge is 2.12. The van der Waals surface area contributed by atoms with Crippen LogP contribution in [0.1, 0.15) is 26.2 Å². The van der Waals surface area contributed by atoms with Gasteiger partial charge < -0.3 is 10.4 Å². The van der Waals surface area contributed by atoms with Crippen molar-refractivity contribution in [3.63, 3.8) is 0 Å². The number of rotatable bonds is 4. The summed E-state index contributed by atoms with van der Waals surface area (Å²) in [4.78, 5) is 13.6. The predicted octanol–water partition coefficient (Wildman–Crippen LogP) is 3.17.